The second kappa shape index (κ2) is 9.64. The molecular formula is C13H21N5O. The minimum absolute atomic E-state index is 0.0499. The Balaban J connectivity index is 0.000000555. The normalized spacial score (nSPS) is 10.1. The number of carbonyl (C=O) groups is 1. The summed E-state index contributed by atoms with van der Waals surface area (Å²) in [7, 11) is 0. The van der Waals surface area contributed by atoms with Crippen LogP contribution in [0.1, 0.15) is 25.3 Å². The van der Waals surface area contributed by atoms with Crippen molar-refractivity contribution in [1.82, 2.24) is 0 Å². The van der Waals surface area contributed by atoms with Gasteiger partial charge in [-0.05, 0) is 25.5 Å². The molecule has 0 fully saturated rings. The number of rotatable bonds is 3. The van der Waals surface area contributed by atoms with E-state index >= 15 is 0 Å². The van der Waals surface area contributed by atoms with E-state index in [9.17, 15) is 4.79 Å². The van der Waals surface area contributed by atoms with Gasteiger partial charge in [-0.3, -0.25) is 0 Å². The van der Waals surface area contributed by atoms with Gasteiger partial charge < -0.3 is 22.0 Å². The molecule has 6 heteroatoms. The maximum Gasteiger partial charge on any atom is 0.223 e. The molecule has 104 valence electrons. The number of guanidine groups is 2. The summed E-state index contributed by atoms with van der Waals surface area (Å²) in [4.78, 5) is 17.0. The smallest absolute Gasteiger partial charge is 0.223 e. The first-order chi connectivity index (χ1) is 8.99. The molecule has 6 N–H and O–H groups in total. The van der Waals surface area contributed by atoms with E-state index in [1.165, 1.54) is 0 Å². The first-order valence-electron chi connectivity index (χ1n) is 5.93. The van der Waals surface area contributed by atoms with Crippen molar-refractivity contribution in [2.24, 2.45) is 27.2 Å². The summed E-state index contributed by atoms with van der Waals surface area (Å²) in [6.45, 7) is 3.97. The molecule has 0 heterocycles. The van der Waals surface area contributed by atoms with E-state index in [1.54, 1.807) is 0 Å². The lowest BCUT2D eigenvalue weighted by molar-refractivity contribution is -0.107. The number of hydrogen-bond donors (Lipinski definition) is 3. The van der Waals surface area contributed by atoms with Crippen LogP contribution in [0.4, 0.5) is 5.69 Å². The number of carbonyl (C=O) groups excluding carboxylic acids is 1. The molecule has 0 unspecified atom stereocenters. The summed E-state index contributed by atoms with van der Waals surface area (Å²) in [5.41, 5.74) is 17.6. The van der Waals surface area contributed by atoms with Gasteiger partial charge in [-0.25, -0.2) is 4.99 Å². The van der Waals surface area contributed by atoms with E-state index in [0.29, 0.717) is 6.42 Å². The van der Waals surface area contributed by atoms with Crippen molar-refractivity contribution in [2.75, 3.05) is 0 Å². The number of aryl methyl sites for hydroxylation is 1. The Morgan fingerprint density at radius 1 is 1.21 bits per heavy atom. The molecule has 0 amide bonds. The Hall–Kier alpha value is -2.37. The zero-order valence-electron chi connectivity index (χ0n) is 11.3. The fraction of sp³-hybridized carbons (Fsp3) is 0.308. The molecule has 0 bridgehead atoms. The van der Waals surface area contributed by atoms with E-state index < -0.39 is 0 Å². The Bertz CT molecular complexity index is 433. The number of nitrogens with zero attached hydrogens (tertiary/aromatic N) is 2. The number of nitrogens with two attached hydrogens (primary N) is 3. The Morgan fingerprint density at radius 2 is 1.79 bits per heavy atom. The van der Waals surface area contributed by atoms with Gasteiger partial charge in [0.15, 0.2) is 5.96 Å². The summed E-state index contributed by atoms with van der Waals surface area (Å²) >= 11 is 0. The van der Waals surface area contributed by atoms with Gasteiger partial charge in [0.05, 0.1) is 5.69 Å². The van der Waals surface area contributed by atoms with Crippen molar-refractivity contribution in [3.8, 4) is 0 Å². The van der Waals surface area contributed by atoms with E-state index in [0.717, 1.165) is 24.0 Å². The standard InChI is InChI=1S/C9H13N5.C4H8O/c1-6-2-4-7(5-3-6)13-9(12)14-8(10)11;1-2-3-4-5/h2-5H,1H3,(H6,10,11,12,13,14);4H,2-3H2,1H3. The van der Waals surface area contributed by atoms with Crippen LogP contribution < -0.4 is 17.2 Å². The van der Waals surface area contributed by atoms with Gasteiger partial charge in [0.25, 0.3) is 0 Å². The minimum Gasteiger partial charge on any atom is -0.370 e. The van der Waals surface area contributed by atoms with Crippen LogP contribution in [0.2, 0.25) is 0 Å². The third-order valence-corrected chi connectivity index (χ3v) is 1.93. The number of benzene rings is 1. The van der Waals surface area contributed by atoms with Gasteiger partial charge >= 0.3 is 0 Å². The summed E-state index contributed by atoms with van der Waals surface area (Å²) < 4.78 is 0. The van der Waals surface area contributed by atoms with Crippen molar-refractivity contribution in [1.29, 1.82) is 0 Å². The van der Waals surface area contributed by atoms with Crippen LogP contribution in [-0.4, -0.2) is 18.2 Å². The number of unbranched alkanes of at least 4 members (excludes halogenated alkanes) is 1. The van der Waals surface area contributed by atoms with Crippen LogP contribution in [-0.2, 0) is 4.79 Å². The predicted molar refractivity (Wildman–Crippen MR) is 79.2 cm³/mol. The Morgan fingerprint density at radius 3 is 2.16 bits per heavy atom. The highest BCUT2D eigenvalue weighted by atomic mass is 16.1. The predicted octanol–water partition coefficient (Wildman–Crippen LogP) is 1.20. The Labute approximate surface area is 113 Å². The van der Waals surface area contributed by atoms with Crippen LogP contribution in [0.25, 0.3) is 0 Å². The fourth-order valence-electron chi connectivity index (χ4n) is 1.03. The third kappa shape index (κ3) is 9.34. The molecule has 0 saturated heterocycles. The van der Waals surface area contributed by atoms with Crippen LogP contribution in [0.3, 0.4) is 0 Å². The molecule has 0 saturated carbocycles. The highest BCUT2D eigenvalue weighted by Crippen LogP contribution is 2.11. The molecule has 1 aromatic carbocycles. The zero-order chi connectivity index (χ0) is 14.7. The van der Waals surface area contributed by atoms with Crippen LogP contribution >= 0.6 is 0 Å². The fourth-order valence-corrected chi connectivity index (χ4v) is 1.03. The molecule has 0 aliphatic carbocycles. The van der Waals surface area contributed by atoms with Crippen molar-refractivity contribution in [3.63, 3.8) is 0 Å². The molecule has 0 spiro atoms. The number of aldehydes is 1. The summed E-state index contributed by atoms with van der Waals surface area (Å²) in [5.74, 6) is -0.0489. The largest absolute Gasteiger partial charge is 0.370 e. The van der Waals surface area contributed by atoms with E-state index in [1.807, 2.05) is 38.1 Å². The Kier molecular flexibility index (Phi) is 8.44. The highest BCUT2D eigenvalue weighted by molar-refractivity contribution is 5.93. The molecule has 1 rings (SSSR count). The zero-order valence-corrected chi connectivity index (χ0v) is 11.3. The van der Waals surface area contributed by atoms with Gasteiger partial charge in [-0.15, -0.1) is 0 Å². The van der Waals surface area contributed by atoms with Gasteiger partial charge in [-0.1, -0.05) is 24.6 Å². The second-order valence-electron chi connectivity index (χ2n) is 3.80. The van der Waals surface area contributed by atoms with E-state index in [2.05, 4.69) is 9.98 Å². The molecule has 0 radical (unpaired) electrons. The van der Waals surface area contributed by atoms with Crippen molar-refractivity contribution >= 4 is 23.9 Å². The molecule has 0 aromatic heterocycles. The topological polar surface area (TPSA) is 120 Å². The maximum atomic E-state index is 9.40. The molecule has 0 aliphatic rings. The average molecular weight is 263 g/mol. The second-order valence-corrected chi connectivity index (χ2v) is 3.80. The first kappa shape index (κ1) is 16.6. The summed E-state index contributed by atoms with van der Waals surface area (Å²) in [5, 5.41) is 0. The van der Waals surface area contributed by atoms with Crippen molar-refractivity contribution < 1.29 is 4.79 Å². The van der Waals surface area contributed by atoms with Gasteiger partial charge in [0.2, 0.25) is 5.96 Å². The van der Waals surface area contributed by atoms with Crippen LogP contribution in [0.5, 0.6) is 0 Å². The molecule has 6 nitrogen and oxygen atoms in total. The van der Waals surface area contributed by atoms with Crippen molar-refractivity contribution in [2.45, 2.75) is 26.7 Å². The lowest BCUT2D eigenvalue weighted by Crippen LogP contribution is -2.26. The lowest BCUT2D eigenvalue weighted by atomic mass is 10.2. The molecule has 0 aliphatic heterocycles. The monoisotopic (exact) mass is 263 g/mol. The molecule has 19 heavy (non-hydrogen) atoms. The molecule has 1 aromatic rings. The quantitative estimate of drug-likeness (QED) is 0.431. The van der Waals surface area contributed by atoms with Crippen LogP contribution in [0.15, 0.2) is 34.3 Å². The molecular weight excluding hydrogens is 242 g/mol. The SMILES string of the molecule is CCCC=O.Cc1ccc(N=C(N)N=C(N)N)cc1. The van der Waals surface area contributed by atoms with Crippen LogP contribution in [0, 0.1) is 6.92 Å². The molecule has 0 atom stereocenters. The average Bonchev–Trinajstić information content (AvgIpc) is 2.33. The minimum atomic E-state index is -0.0987. The van der Waals surface area contributed by atoms with Gasteiger partial charge in [-0.2, -0.15) is 4.99 Å². The van der Waals surface area contributed by atoms with Gasteiger partial charge in [0.1, 0.15) is 6.29 Å². The lowest BCUT2D eigenvalue weighted by Gasteiger charge is -1.96. The van der Waals surface area contributed by atoms with Gasteiger partial charge in [0, 0.05) is 6.42 Å². The third-order valence-electron chi connectivity index (χ3n) is 1.93. The van der Waals surface area contributed by atoms with E-state index in [-0.39, 0.29) is 11.9 Å². The summed E-state index contributed by atoms with van der Waals surface area (Å²) in [6, 6.07) is 7.54. The van der Waals surface area contributed by atoms with Crippen molar-refractivity contribution in [3.05, 3.63) is 29.8 Å². The maximum absolute atomic E-state index is 9.40. The number of aliphatic imine (C=N–C) groups is 2. The highest BCUT2D eigenvalue weighted by Gasteiger charge is 1.91. The summed E-state index contributed by atoms with van der Waals surface area (Å²) in [6.07, 6.45) is 2.61. The first-order valence-corrected chi connectivity index (χ1v) is 5.93. The number of hydrogen-bond acceptors (Lipinski definition) is 2. The van der Waals surface area contributed by atoms with E-state index in [4.69, 9.17) is 17.2 Å².